The summed E-state index contributed by atoms with van der Waals surface area (Å²) in [7, 11) is 0. The van der Waals surface area contributed by atoms with Crippen LogP contribution < -0.4 is 0 Å². The zero-order valence-electron chi connectivity index (χ0n) is 9.98. The third-order valence-corrected chi connectivity index (χ3v) is 3.07. The van der Waals surface area contributed by atoms with Crippen LogP contribution in [0.5, 0.6) is 0 Å². The minimum atomic E-state index is -0.313. The molecule has 0 aliphatic heterocycles. The van der Waals surface area contributed by atoms with Crippen LogP contribution in [0.25, 0.3) is 22.2 Å². The number of aromatic nitrogens is 1. The van der Waals surface area contributed by atoms with Crippen LogP contribution in [0.2, 0.25) is 0 Å². The molecule has 0 saturated carbocycles. The lowest BCUT2D eigenvalue weighted by Gasteiger charge is -1.99. The van der Waals surface area contributed by atoms with Gasteiger partial charge in [-0.25, -0.2) is 4.39 Å². The Morgan fingerprint density at radius 3 is 2.61 bits per heavy atom. The Hall–Kier alpha value is -2.16. The lowest BCUT2D eigenvalue weighted by molar-refractivity contribution is 0.457. The van der Waals surface area contributed by atoms with E-state index in [9.17, 15) is 4.39 Å². The number of hydrogen-bond acceptors (Lipinski definition) is 2. The van der Waals surface area contributed by atoms with Gasteiger partial charge >= 0.3 is 0 Å². The van der Waals surface area contributed by atoms with Crippen LogP contribution in [0.3, 0.4) is 0 Å². The summed E-state index contributed by atoms with van der Waals surface area (Å²) in [4.78, 5) is 0. The molecule has 2 nitrogen and oxygen atoms in total. The number of rotatable bonds is 2. The maximum absolute atomic E-state index is 13.1. The molecule has 0 unspecified atom stereocenters. The molecule has 2 aromatic carbocycles. The van der Waals surface area contributed by atoms with Crippen LogP contribution >= 0.6 is 0 Å². The first-order chi connectivity index (χ1) is 8.78. The Morgan fingerprint density at radius 1 is 1.11 bits per heavy atom. The van der Waals surface area contributed by atoms with Gasteiger partial charge in [0.25, 0.3) is 0 Å². The highest BCUT2D eigenvalue weighted by molar-refractivity contribution is 5.91. The second kappa shape index (κ2) is 4.26. The van der Waals surface area contributed by atoms with Crippen molar-refractivity contribution >= 4 is 11.0 Å². The summed E-state index contributed by atoms with van der Waals surface area (Å²) in [6.45, 7) is 2.11. The second-order valence-corrected chi connectivity index (χ2v) is 4.22. The SMILES string of the molecule is CCc1ccc(-c2noc3cc(F)ccc23)cc1. The molecule has 0 spiro atoms. The smallest absolute Gasteiger partial charge is 0.170 e. The van der Waals surface area contributed by atoms with E-state index in [1.807, 2.05) is 12.1 Å². The molecule has 0 N–H and O–H groups in total. The highest BCUT2D eigenvalue weighted by Gasteiger charge is 2.10. The quantitative estimate of drug-likeness (QED) is 0.672. The zero-order valence-corrected chi connectivity index (χ0v) is 9.98. The van der Waals surface area contributed by atoms with Crippen molar-refractivity contribution in [3.63, 3.8) is 0 Å². The van der Waals surface area contributed by atoms with Gasteiger partial charge in [0.1, 0.15) is 11.5 Å². The summed E-state index contributed by atoms with van der Waals surface area (Å²) >= 11 is 0. The number of fused-ring (bicyclic) bond motifs is 1. The molecule has 0 bridgehead atoms. The van der Waals surface area contributed by atoms with Gasteiger partial charge in [-0.15, -0.1) is 0 Å². The second-order valence-electron chi connectivity index (χ2n) is 4.22. The average Bonchev–Trinajstić information content (AvgIpc) is 2.81. The average molecular weight is 241 g/mol. The normalized spacial score (nSPS) is 11.0. The third-order valence-electron chi connectivity index (χ3n) is 3.07. The van der Waals surface area contributed by atoms with E-state index in [1.165, 1.54) is 17.7 Å². The summed E-state index contributed by atoms with van der Waals surface area (Å²) < 4.78 is 18.2. The molecule has 1 aromatic heterocycles. The van der Waals surface area contributed by atoms with Crippen molar-refractivity contribution in [1.29, 1.82) is 0 Å². The van der Waals surface area contributed by atoms with Gasteiger partial charge in [0.15, 0.2) is 5.58 Å². The Kier molecular flexibility index (Phi) is 2.59. The highest BCUT2D eigenvalue weighted by Crippen LogP contribution is 2.28. The van der Waals surface area contributed by atoms with Crippen LogP contribution in [-0.2, 0) is 6.42 Å². The molecule has 3 aromatic rings. The van der Waals surface area contributed by atoms with Crippen molar-refractivity contribution in [2.75, 3.05) is 0 Å². The maximum atomic E-state index is 13.1. The first-order valence-corrected chi connectivity index (χ1v) is 5.92. The van der Waals surface area contributed by atoms with Gasteiger partial charge in [-0.2, -0.15) is 0 Å². The van der Waals surface area contributed by atoms with E-state index in [1.54, 1.807) is 6.07 Å². The predicted octanol–water partition coefficient (Wildman–Crippen LogP) is 4.20. The molecule has 0 aliphatic carbocycles. The monoisotopic (exact) mass is 241 g/mol. The standard InChI is InChI=1S/C15H12FNO/c1-2-10-3-5-11(6-4-10)15-13-8-7-12(16)9-14(13)18-17-15/h3-9H,2H2,1H3. The summed E-state index contributed by atoms with van der Waals surface area (Å²) in [5.41, 5.74) is 3.49. The molecule has 0 atom stereocenters. The number of nitrogens with zero attached hydrogens (tertiary/aromatic N) is 1. The Bertz CT molecular complexity index is 685. The van der Waals surface area contributed by atoms with Crippen molar-refractivity contribution in [3.05, 3.63) is 53.8 Å². The van der Waals surface area contributed by atoms with Crippen LogP contribution in [-0.4, -0.2) is 5.16 Å². The first kappa shape index (κ1) is 11.0. The van der Waals surface area contributed by atoms with Gasteiger partial charge < -0.3 is 4.52 Å². The predicted molar refractivity (Wildman–Crippen MR) is 68.8 cm³/mol. The molecule has 0 saturated heterocycles. The van der Waals surface area contributed by atoms with Gasteiger partial charge in [-0.05, 0) is 24.1 Å². The number of halogens is 1. The Labute approximate surface area is 104 Å². The molecule has 0 amide bonds. The fourth-order valence-electron chi connectivity index (χ4n) is 2.02. The van der Waals surface area contributed by atoms with E-state index in [4.69, 9.17) is 4.52 Å². The lowest BCUT2D eigenvalue weighted by Crippen LogP contribution is -1.82. The molecule has 1 heterocycles. The van der Waals surface area contributed by atoms with E-state index in [2.05, 4.69) is 24.2 Å². The number of benzene rings is 2. The number of aryl methyl sites for hydroxylation is 1. The minimum Gasteiger partial charge on any atom is -0.356 e. The van der Waals surface area contributed by atoms with Crippen molar-refractivity contribution in [2.45, 2.75) is 13.3 Å². The molecule has 0 radical (unpaired) electrons. The van der Waals surface area contributed by atoms with Crippen LogP contribution in [0.15, 0.2) is 47.0 Å². The Morgan fingerprint density at radius 2 is 1.89 bits per heavy atom. The van der Waals surface area contributed by atoms with Gasteiger partial charge in [0.05, 0.1) is 0 Å². The van der Waals surface area contributed by atoms with Gasteiger partial charge in [-0.3, -0.25) is 0 Å². The fourth-order valence-corrected chi connectivity index (χ4v) is 2.02. The highest BCUT2D eigenvalue weighted by atomic mass is 19.1. The maximum Gasteiger partial charge on any atom is 0.170 e. The Balaban J connectivity index is 2.13. The van der Waals surface area contributed by atoms with Crippen LogP contribution in [0.4, 0.5) is 4.39 Å². The van der Waals surface area contributed by atoms with E-state index < -0.39 is 0 Å². The van der Waals surface area contributed by atoms with E-state index in [0.29, 0.717) is 5.58 Å². The van der Waals surface area contributed by atoms with Crippen LogP contribution in [0.1, 0.15) is 12.5 Å². The summed E-state index contributed by atoms with van der Waals surface area (Å²) in [5.74, 6) is -0.313. The summed E-state index contributed by atoms with van der Waals surface area (Å²) in [6.07, 6.45) is 1.01. The number of hydrogen-bond donors (Lipinski definition) is 0. The fraction of sp³-hybridized carbons (Fsp3) is 0.133. The lowest BCUT2D eigenvalue weighted by atomic mass is 10.1. The molecule has 0 fully saturated rings. The van der Waals surface area contributed by atoms with Crippen LogP contribution in [0, 0.1) is 5.82 Å². The van der Waals surface area contributed by atoms with Crippen molar-refractivity contribution in [3.8, 4) is 11.3 Å². The van der Waals surface area contributed by atoms with Crippen molar-refractivity contribution in [1.82, 2.24) is 5.16 Å². The first-order valence-electron chi connectivity index (χ1n) is 5.92. The molecule has 90 valence electrons. The summed E-state index contributed by atoms with van der Waals surface area (Å²) in [5, 5.41) is 4.85. The third kappa shape index (κ3) is 1.78. The van der Waals surface area contributed by atoms with Gasteiger partial charge in [-0.1, -0.05) is 36.3 Å². The largest absolute Gasteiger partial charge is 0.356 e. The molecule has 3 heteroatoms. The minimum absolute atomic E-state index is 0.313. The molecular weight excluding hydrogens is 229 g/mol. The summed E-state index contributed by atoms with van der Waals surface area (Å²) in [6, 6.07) is 12.6. The van der Waals surface area contributed by atoms with E-state index in [-0.39, 0.29) is 5.82 Å². The zero-order chi connectivity index (χ0) is 12.5. The molecule has 3 rings (SSSR count). The van der Waals surface area contributed by atoms with Gasteiger partial charge in [0.2, 0.25) is 0 Å². The van der Waals surface area contributed by atoms with E-state index >= 15 is 0 Å². The molecular formula is C15H12FNO. The molecule has 0 aliphatic rings. The van der Waals surface area contributed by atoms with Crippen molar-refractivity contribution in [2.24, 2.45) is 0 Å². The van der Waals surface area contributed by atoms with E-state index in [0.717, 1.165) is 23.1 Å². The topological polar surface area (TPSA) is 26.0 Å². The molecule has 18 heavy (non-hydrogen) atoms. The van der Waals surface area contributed by atoms with Gasteiger partial charge in [0, 0.05) is 17.0 Å². The van der Waals surface area contributed by atoms with Crippen molar-refractivity contribution < 1.29 is 8.91 Å².